The van der Waals surface area contributed by atoms with Gasteiger partial charge in [-0.25, -0.2) is 18.9 Å². The van der Waals surface area contributed by atoms with Gasteiger partial charge < -0.3 is 39.4 Å². The third-order valence-corrected chi connectivity index (χ3v) is 10.5. The van der Waals surface area contributed by atoms with Gasteiger partial charge in [0.1, 0.15) is 25.9 Å². The Labute approximate surface area is 306 Å². The van der Waals surface area contributed by atoms with Gasteiger partial charge in [0.2, 0.25) is 5.91 Å². The number of ether oxygens (including phenoxy) is 4. The number of carbonyl (C=O) groups is 4. The van der Waals surface area contributed by atoms with Crippen molar-refractivity contribution in [3.8, 4) is 11.1 Å². The number of nitrogens with one attached hydrogen (secondary N) is 2. The Bertz CT molecular complexity index is 1710. The Hall–Kier alpha value is -5.60. The predicted octanol–water partition coefficient (Wildman–Crippen LogP) is 5.17. The topological polar surface area (TPSA) is 196 Å². The molecule has 1 atom stereocenters. The summed E-state index contributed by atoms with van der Waals surface area (Å²) in [5.41, 5.74) is 4.68. The zero-order valence-corrected chi connectivity index (χ0v) is 35.9. The molecule has 0 radical (unpaired) electrons. The molecule has 53 heavy (non-hydrogen) atoms. The van der Waals surface area contributed by atoms with Crippen molar-refractivity contribution in [2.75, 3.05) is 45.8 Å². The quantitative estimate of drug-likeness (QED) is 0.0307. The number of rotatable bonds is 19. The average Bonchev–Trinajstić information content (AvgIpc) is 3.43. The molecular formula is C33H36ClFm2N2O12PS2. The van der Waals surface area contributed by atoms with Gasteiger partial charge >= 0.3 is 25.3 Å². The van der Waals surface area contributed by atoms with E-state index in [0.717, 1.165) is 32.7 Å². The second-order valence-corrected chi connectivity index (χ2v) is 14.8. The Balaban J connectivity index is 0.00000486. The first-order chi connectivity index (χ1) is 24.4. The summed E-state index contributed by atoms with van der Waals surface area (Å²) < 4.78 is 36.0. The van der Waals surface area contributed by atoms with Crippen LogP contribution < -0.4 is 10.6 Å². The van der Waals surface area contributed by atoms with E-state index in [1.165, 1.54) is 28.7 Å². The van der Waals surface area contributed by atoms with Crippen LogP contribution in [-0.4, -0.2) is 85.1 Å². The van der Waals surface area contributed by atoms with E-state index in [-0.39, 0.29) is 44.6 Å². The van der Waals surface area contributed by atoms with Crippen molar-refractivity contribution in [3.63, 3.8) is 0 Å². The summed E-state index contributed by atoms with van der Waals surface area (Å²) in [5, 5.41) is 5.13. The summed E-state index contributed by atoms with van der Waals surface area (Å²) in [6, 6.07) is 20.0. The van der Waals surface area contributed by atoms with Crippen LogP contribution >= 0.6 is 41.0 Å². The molecule has 1 aliphatic carbocycles. The zero-order chi connectivity index (χ0) is 36.8. The molecule has 4 N–H and O–H groups in total. The van der Waals surface area contributed by atoms with E-state index >= 15 is 0 Å². The van der Waals surface area contributed by atoms with Crippen molar-refractivity contribution in [2.24, 2.45) is 0 Å². The van der Waals surface area contributed by atoms with Crippen molar-refractivity contribution >= 4 is 64.4 Å². The summed E-state index contributed by atoms with van der Waals surface area (Å²) in [5.74, 6) is -1.29. The molecule has 2 amide bonds. The SMILES string of the molecule is COC(=O)COCCc1cc(COC(=O)Cl)ccc1SSCC(NC(=O)OCC1c2ccccc2-c2ccccc21)C(=O)NCCOP(=O)(O)O.[Fm].[Fm]. The molecular weight excluding hydrogens is 1260 g/mol. The molecule has 0 aliphatic heterocycles. The van der Waals surface area contributed by atoms with Crippen LogP contribution in [0.25, 0.3) is 11.1 Å². The van der Waals surface area contributed by atoms with Gasteiger partial charge in [0.05, 0.1) is 20.3 Å². The van der Waals surface area contributed by atoms with E-state index in [0.29, 0.717) is 12.0 Å². The van der Waals surface area contributed by atoms with Crippen LogP contribution in [0.15, 0.2) is 71.6 Å². The number of carbonyl (C=O) groups excluding carboxylic acids is 4. The normalized spacial score (nSPS) is 12.2. The number of phosphoric acid groups is 1. The summed E-state index contributed by atoms with van der Waals surface area (Å²) in [6.45, 7) is -0.767. The zero-order valence-electron chi connectivity index (χ0n) is 27.9. The minimum atomic E-state index is -4.74. The molecule has 0 saturated heterocycles. The third kappa shape index (κ3) is 13.5. The summed E-state index contributed by atoms with van der Waals surface area (Å²) in [6.07, 6.45) is -0.444. The fraction of sp³-hybridized carbons (Fsp3) is 0.333. The monoisotopic (exact) mass is 1300 g/mol. The van der Waals surface area contributed by atoms with E-state index < -0.39 is 43.9 Å². The number of benzene rings is 3. The molecule has 0 aromatic heterocycles. The fourth-order valence-electron chi connectivity index (χ4n) is 5.13. The minimum absolute atomic E-state index is 0. The van der Waals surface area contributed by atoms with Gasteiger partial charge in [0, 0.05) is 34.7 Å². The molecule has 0 saturated carbocycles. The Kier molecular flexibility index (Phi) is 17.3. The third-order valence-electron chi connectivity index (χ3n) is 7.44. The average molecular weight is 1300 g/mol. The van der Waals surface area contributed by atoms with Crippen LogP contribution in [0.4, 0.5) is 9.59 Å². The molecule has 3 aromatic carbocycles. The Morgan fingerprint density at radius 1 is 0.943 bits per heavy atom. The second kappa shape index (κ2) is 21.1. The largest absolute Gasteiger partial charge is 0.469 e. The number of alkyl carbamates (subject to hydrolysis) is 1. The maximum absolute atomic E-state index is 13.2. The molecule has 298 valence electrons. The number of amides is 2. The summed E-state index contributed by atoms with van der Waals surface area (Å²) in [7, 11) is -0.926. The maximum atomic E-state index is 13.2. The standard InChI is InChI=1S/C33H36ClN2O12PS2.2Fm/c1-44-30(37)19-45-14-12-22-16-21(17-46-32(34)39)10-11-29(22)51-50-20-28(31(38)35-13-15-48-49(41,42)43)36-33(40)47-18-27-25-8-4-2-6-23(25)24-7-3-5-9-26(24)27;;/h2-11,16,27-28H,12-15,17-20H2,1H3,(H,35,38)(H,36,40)(H2,41,42,43);;. The van der Waals surface area contributed by atoms with Crippen molar-refractivity contribution in [1.82, 2.24) is 10.6 Å². The van der Waals surface area contributed by atoms with Crippen LogP contribution in [-0.2, 0) is 50.7 Å². The van der Waals surface area contributed by atoms with Crippen molar-refractivity contribution in [2.45, 2.75) is 29.9 Å². The van der Waals surface area contributed by atoms with Crippen molar-refractivity contribution < 1.29 is 57.0 Å². The van der Waals surface area contributed by atoms with Gasteiger partial charge in [0.15, 0.2) is 0 Å². The molecule has 1 unspecified atom stereocenters. The Morgan fingerprint density at radius 3 is 2.23 bits per heavy atom. The number of fused-ring (bicyclic) bond motifs is 3. The molecule has 20 heteroatoms. The molecule has 14 nitrogen and oxygen atoms in total. The van der Waals surface area contributed by atoms with Crippen LogP contribution in [0, 0.1) is 0 Å². The molecule has 0 heterocycles. The van der Waals surface area contributed by atoms with Gasteiger partial charge in [0.25, 0.3) is 0 Å². The van der Waals surface area contributed by atoms with Crippen molar-refractivity contribution in [3.05, 3.63) is 89.0 Å². The van der Waals surface area contributed by atoms with E-state index in [9.17, 15) is 23.7 Å². The van der Waals surface area contributed by atoms with Gasteiger partial charge in [-0.2, -0.15) is 0 Å². The first kappa shape index (κ1) is 43.6. The predicted molar refractivity (Wildman–Crippen MR) is 190 cm³/mol. The molecule has 0 fully saturated rings. The van der Waals surface area contributed by atoms with E-state index in [4.69, 9.17) is 35.6 Å². The first-order valence-corrected chi connectivity index (χ1v) is 19.6. The Morgan fingerprint density at radius 2 is 1.60 bits per heavy atom. The number of phosphoric ester groups is 1. The van der Waals surface area contributed by atoms with E-state index in [2.05, 4.69) is 19.9 Å². The van der Waals surface area contributed by atoms with Crippen LogP contribution in [0.2, 0.25) is 0 Å². The van der Waals surface area contributed by atoms with Gasteiger partial charge in [-0.3, -0.25) is 9.32 Å². The van der Waals surface area contributed by atoms with E-state index in [1.54, 1.807) is 18.2 Å². The number of hydrogen-bond acceptors (Lipinski definition) is 12. The summed E-state index contributed by atoms with van der Waals surface area (Å²) in [4.78, 5) is 67.5. The minimum Gasteiger partial charge on any atom is -0.467 e. The van der Waals surface area contributed by atoms with E-state index in [1.807, 2.05) is 48.5 Å². The molecule has 4 rings (SSSR count). The molecule has 0 spiro atoms. The number of halogens is 1. The van der Waals surface area contributed by atoms with Crippen LogP contribution in [0.3, 0.4) is 0 Å². The molecule has 0 bridgehead atoms. The smallest absolute Gasteiger partial charge is 0.467 e. The number of hydrogen-bond donors (Lipinski definition) is 4. The number of methoxy groups -OCH3 is 1. The molecule has 3 aromatic rings. The van der Waals surface area contributed by atoms with Crippen LogP contribution in [0.5, 0.6) is 0 Å². The molecule has 1 aliphatic rings. The van der Waals surface area contributed by atoms with Gasteiger partial charge in [-0.05, 0) is 45.9 Å². The van der Waals surface area contributed by atoms with Crippen molar-refractivity contribution in [1.29, 1.82) is 0 Å². The van der Waals surface area contributed by atoms with Gasteiger partial charge in [-0.1, -0.05) is 82.3 Å². The fourth-order valence-corrected chi connectivity index (χ4v) is 7.95. The first-order valence-electron chi connectivity index (χ1n) is 15.4. The second-order valence-electron chi connectivity index (χ2n) is 10.9. The number of esters is 1. The van der Waals surface area contributed by atoms with Gasteiger partial charge in [-0.15, -0.1) is 0 Å². The summed E-state index contributed by atoms with van der Waals surface area (Å²) >= 11 is 5.31. The maximum Gasteiger partial charge on any atom is 0.469 e. The van der Waals surface area contributed by atoms with Crippen LogP contribution in [0.1, 0.15) is 28.2 Å².